The Labute approximate surface area is 61.3 Å². The van der Waals surface area contributed by atoms with Gasteiger partial charge in [-0.15, -0.1) is 0 Å². The monoisotopic (exact) mass is 139 g/mol. The molecule has 0 aromatic heterocycles. The number of rotatable bonds is 1. The quantitative estimate of drug-likeness (QED) is 0.582. The first-order valence-corrected chi connectivity index (χ1v) is 3.98. The fourth-order valence-corrected chi connectivity index (χ4v) is 1.44. The fraction of sp³-hybridized carbons (Fsp3) is 0.750. The van der Waals surface area contributed by atoms with E-state index in [1.807, 2.05) is 6.26 Å². The minimum absolute atomic E-state index is 0.792. The van der Waals surface area contributed by atoms with Gasteiger partial charge >= 0.3 is 0 Å². The maximum atomic E-state index is 5.25. The van der Waals surface area contributed by atoms with Gasteiger partial charge in [0.15, 0.2) is 0 Å². The second kappa shape index (κ2) is 2.62. The lowest BCUT2D eigenvalue weighted by Crippen LogP contribution is -2.43. The van der Waals surface area contributed by atoms with Gasteiger partial charge in [0.2, 0.25) is 0 Å². The zero-order valence-electron chi connectivity index (χ0n) is 6.10. The van der Waals surface area contributed by atoms with E-state index in [1.165, 1.54) is 18.4 Å². The molecule has 0 saturated carbocycles. The Morgan fingerprint density at radius 2 is 2.40 bits per heavy atom. The minimum atomic E-state index is 0.792. The van der Waals surface area contributed by atoms with Gasteiger partial charge in [0.1, 0.15) is 0 Å². The SMILES string of the molecule is C1=C(C2CNC2)CCCO1. The van der Waals surface area contributed by atoms with Crippen LogP contribution in [0.3, 0.4) is 0 Å². The second-order valence-corrected chi connectivity index (χ2v) is 3.02. The van der Waals surface area contributed by atoms with Crippen LogP contribution < -0.4 is 5.32 Å². The van der Waals surface area contributed by atoms with E-state index < -0.39 is 0 Å². The van der Waals surface area contributed by atoms with Gasteiger partial charge in [-0.25, -0.2) is 0 Å². The molecule has 0 amide bonds. The summed E-state index contributed by atoms with van der Waals surface area (Å²) in [5.74, 6) is 0.792. The maximum Gasteiger partial charge on any atom is 0.0876 e. The molecular weight excluding hydrogens is 126 g/mol. The van der Waals surface area contributed by atoms with Gasteiger partial charge in [-0.05, 0) is 18.4 Å². The summed E-state index contributed by atoms with van der Waals surface area (Å²) in [7, 11) is 0. The number of ether oxygens (including phenoxy) is 1. The van der Waals surface area contributed by atoms with Crippen LogP contribution in [0, 0.1) is 5.92 Å². The Morgan fingerprint density at radius 1 is 1.50 bits per heavy atom. The van der Waals surface area contributed by atoms with Crippen molar-refractivity contribution < 1.29 is 4.74 Å². The highest BCUT2D eigenvalue weighted by Crippen LogP contribution is 2.23. The van der Waals surface area contributed by atoms with Crippen LogP contribution in [0.5, 0.6) is 0 Å². The van der Waals surface area contributed by atoms with Gasteiger partial charge in [-0.1, -0.05) is 0 Å². The zero-order valence-corrected chi connectivity index (χ0v) is 6.10. The first kappa shape index (κ1) is 6.23. The summed E-state index contributed by atoms with van der Waals surface area (Å²) < 4.78 is 5.25. The van der Waals surface area contributed by atoms with Crippen LogP contribution in [0.15, 0.2) is 11.8 Å². The average molecular weight is 139 g/mol. The molecule has 2 heterocycles. The topological polar surface area (TPSA) is 21.3 Å². The van der Waals surface area contributed by atoms with Crippen molar-refractivity contribution in [2.75, 3.05) is 19.7 Å². The van der Waals surface area contributed by atoms with E-state index in [-0.39, 0.29) is 0 Å². The summed E-state index contributed by atoms with van der Waals surface area (Å²) in [5.41, 5.74) is 1.52. The summed E-state index contributed by atoms with van der Waals surface area (Å²) in [4.78, 5) is 0. The Hall–Kier alpha value is -0.500. The molecule has 10 heavy (non-hydrogen) atoms. The Morgan fingerprint density at radius 3 is 2.90 bits per heavy atom. The van der Waals surface area contributed by atoms with E-state index in [1.54, 1.807) is 0 Å². The summed E-state index contributed by atoms with van der Waals surface area (Å²) in [6, 6.07) is 0. The van der Waals surface area contributed by atoms with Gasteiger partial charge in [-0.3, -0.25) is 0 Å². The maximum absolute atomic E-state index is 5.25. The van der Waals surface area contributed by atoms with E-state index in [9.17, 15) is 0 Å². The molecule has 56 valence electrons. The zero-order chi connectivity index (χ0) is 6.81. The second-order valence-electron chi connectivity index (χ2n) is 3.02. The van der Waals surface area contributed by atoms with Crippen molar-refractivity contribution in [3.05, 3.63) is 11.8 Å². The molecule has 0 radical (unpaired) electrons. The average Bonchev–Trinajstić information content (AvgIpc) is 1.86. The standard InChI is InChI=1S/C8H13NO/c1-2-7(6-10-3-1)8-4-9-5-8/h6,8-9H,1-5H2. The van der Waals surface area contributed by atoms with Crippen molar-refractivity contribution in [2.24, 2.45) is 5.92 Å². The van der Waals surface area contributed by atoms with Crippen molar-refractivity contribution in [1.29, 1.82) is 0 Å². The molecule has 0 aromatic carbocycles. The van der Waals surface area contributed by atoms with Crippen molar-refractivity contribution in [3.63, 3.8) is 0 Å². The Balaban J connectivity index is 1.94. The van der Waals surface area contributed by atoms with E-state index in [4.69, 9.17) is 4.74 Å². The van der Waals surface area contributed by atoms with Gasteiger partial charge in [0.05, 0.1) is 12.9 Å². The third-order valence-corrected chi connectivity index (χ3v) is 2.27. The van der Waals surface area contributed by atoms with Crippen LogP contribution in [-0.2, 0) is 4.74 Å². The predicted molar refractivity (Wildman–Crippen MR) is 39.6 cm³/mol. The van der Waals surface area contributed by atoms with E-state index in [0.29, 0.717) is 0 Å². The Bertz CT molecular complexity index is 149. The van der Waals surface area contributed by atoms with Crippen molar-refractivity contribution in [3.8, 4) is 0 Å². The van der Waals surface area contributed by atoms with Gasteiger partial charge < -0.3 is 10.1 Å². The van der Waals surface area contributed by atoms with E-state index in [2.05, 4.69) is 5.32 Å². The molecule has 2 aliphatic heterocycles. The lowest BCUT2D eigenvalue weighted by molar-refractivity contribution is 0.210. The van der Waals surface area contributed by atoms with Gasteiger partial charge in [0, 0.05) is 19.0 Å². The molecule has 1 saturated heterocycles. The third kappa shape index (κ3) is 1.03. The molecular formula is C8H13NO. The van der Waals surface area contributed by atoms with Crippen LogP contribution in [0.2, 0.25) is 0 Å². The van der Waals surface area contributed by atoms with Crippen LogP contribution in [0.25, 0.3) is 0 Å². The lowest BCUT2D eigenvalue weighted by Gasteiger charge is -2.30. The highest BCUT2D eigenvalue weighted by atomic mass is 16.5. The van der Waals surface area contributed by atoms with Gasteiger partial charge in [-0.2, -0.15) is 0 Å². The molecule has 0 unspecified atom stereocenters. The van der Waals surface area contributed by atoms with Crippen LogP contribution in [0.1, 0.15) is 12.8 Å². The molecule has 1 fully saturated rings. The highest BCUT2D eigenvalue weighted by Gasteiger charge is 2.22. The fourth-order valence-electron chi connectivity index (χ4n) is 1.44. The Kier molecular flexibility index (Phi) is 1.63. The number of hydrogen-bond acceptors (Lipinski definition) is 2. The lowest BCUT2D eigenvalue weighted by atomic mass is 9.90. The number of hydrogen-bond donors (Lipinski definition) is 1. The predicted octanol–water partition coefficient (Wildman–Crippen LogP) is 0.900. The summed E-state index contributed by atoms with van der Waals surface area (Å²) in [5, 5.41) is 3.26. The van der Waals surface area contributed by atoms with Crippen LogP contribution >= 0.6 is 0 Å². The molecule has 0 atom stereocenters. The number of nitrogens with one attached hydrogen (secondary N) is 1. The molecule has 2 rings (SSSR count). The summed E-state index contributed by atoms with van der Waals surface area (Å²) in [6.45, 7) is 3.24. The largest absolute Gasteiger partial charge is 0.501 e. The van der Waals surface area contributed by atoms with Crippen molar-refractivity contribution in [1.82, 2.24) is 5.32 Å². The first-order chi connectivity index (χ1) is 4.97. The molecule has 2 aliphatic rings. The summed E-state index contributed by atoms with van der Waals surface area (Å²) >= 11 is 0. The van der Waals surface area contributed by atoms with Crippen molar-refractivity contribution in [2.45, 2.75) is 12.8 Å². The normalized spacial score (nSPS) is 26.6. The molecule has 0 aromatic rings. The molecule has 0 spiro atoms. The third-order valence-electron chi connectivity index (χ3n) is 2.27. The highest BCUT2D eigenvalue weighted by molar-refractivity contribution is 5.10. The molecule has 2 heteroatoms. The van der Waals surface area contributed by atoms with Gasteiger partial charge in [0.25, 0.3) is 0 Å². The van der Waals surface area contributed by atoms with Crippen LogP contribution in [-0.4, -0.2) is 19.7 Å². The first-order valence-electron chi connectivity index (χ1n) is 3.98. The molecule has 0 aliphatic carbocycles. The summed E-state index contributed by atoms with van der Waals surface area (Å²) in [6.07, 6.45) is 4.43. The molecule has 0 bridgehead atoms. The van der Waals surface area contributed by atoms with E-state index in [0.717, 1.165) is 25.6 Å². The van der Waals surface area contributed by atoms with Crippen molar-refractivity contribution >= 4 is 0 Å². The molecule has 1 N–H and O–H groups in total. The molecule has 2 nitrogen and oxygen atoms in total. The van der Waals surface area contributed by atoms with Crippen LogP contribution in [0.4, 0.5) is 0 Å². The minimum Gasteiger partial charge on any atom is -0.501 e. The smallest absolute Gasteiger partial charge is 0.0876 e. The van der Waals surface area contributed by atoms with E-state index >= 15 is 0 Å².